The summed E-state index contributed by atoms with van der Waals surface area (Å²) in [5, 5.41) is 13.1. The van der Waals surface area contributed by atoms with Gasteiger partial charge in [0.05, 0.1) is 5.60 Å². The molecule has 15 heavy (non-hydrogen) atoms. The third kappa shape index (κ3) is 9.21. The van der Waals surface area contributed by atoms with Crippen molar-refractivity contribution in [2.45, 2.75) is 58.1 Å². The van der Waals surface area contributed by atoms with Crippen molar-refractivity contribution in [1.29, 1.82) is 0 Å². The summed E-state index contributed by atoms with van der Waals surface area (Å²) in [6.45, 7) is 6.75. The van der Waals surface area contributed by atoms with Gasteiger partial charge in [-0.3, -0.25) is 0 Å². The molecule has 0 fully saturated rings. The summed E-state index contributed by atoms with van der Waals surface area (Å²) >= 11 is 1.92. The van der Waals surface area contributed by atoms with E-state index in [9.17, 15) is 5.11 Å². The lowest BCUT2D eigenvalue weighted by Gasteiger charge is -2.26. The average Bonchev–Trinajstić information content (AvgIpc) is 2.14. The maximum atomic E-state index is 9.69. The highest BCUT2D eigenvalue weighted by atomic mass is 32.2. The fourth-order valence-electron chi connectivity index (χ4n) is 1.29. The molecule has 1 unspecified atom stereocenters. The van der Waals surface area contributed by atoms with Crippen molar-refractivity contribution in [3.8, 4) is 0 Å². The molecule has 0 rings (SSSR count). The van der Waals surface area contributed by atoms with Crippen LogP contribution in [0.15, 0.2) is 0 Å². The Morgan fingerprint density at radius 3 is 2.33 bits per heavy atom. The predicted octanol–water partition coefficient (Wildman–Crippen LogP) is 2.66. The summed E-state index contributed by atoms with van der Waals surface area (Å²) in [6.07, 6.45) is 7.34. The molecule has 0 saturated heterocycles. The Kier molecular flexibility index (Phi) is 8.58. The number of thioether (sulfide) groups is 1. The highest BCUT2D eigenvalue weighted by Crippen LogP contribution is 2.08. The number of unbranched alkanes of at least 4 members (excludes halogenated alkanes) is 3. The largest absolute Gasteiger partial charge is 0.389 e. The SMILES string of the molecule is CSCCCCCCNC(C)C(C)(C)O. The van der Waals surface area contributed by atoms with Gasteiger partial charge in [-0.25, -0.2) is 0 Å². The minimum atomic E-state index is -0.612. The molecule has 0 spiro atoms. The summed E-state index contributed by atoms with van der Waals surface area (Å²) in [4.78, 5) is 0. The van der Waals surface area contributed by atoms with Crippen LogP contribution in [0.25, 0.3) is 0 Å². The van der Waals surface area contributed by atoms with Crippen LogP contribution in [0.3, 0.4) is 0 Å². The summed E-state index contributed by atoms with van der Waals surface area (Å²) in [5.74, 6) is 1.29. The van der Waals surface area contributed by atoms with Crippen LogP contribution in [-0.4, -0.2) is 35.3 Å². The molecule has 0 radical (unpaired) electrons. The van der Waals surface area contributed by atoms with Crippen LogP contribution in [0.1, 0.15) is 46.5 Å². The van der Waals surface area contributed by atoms with E-state index in [2.05, 4.69) is 11.6 Å². The van der Waals surface area contributed by atoms with E-state index in [1.54, 1.807) is 0 Å². The summed E-state index contributed by atoms with van der Waals surface area (Å²) in [5.41, 5.74) is -0.612. The first kappa shape index (κ1) is 15.3. The van der Waals surface area contributed by atoms with Crippen LogP contribution in [0, 0.1) is 0 Å². The molecule has 0 aromatic heterocycles. The molecular formula is C12H27NOS. The molecule has 1 atom stereocenters. The predicted molar refractivity (Wildman–Crippen MR) is 70.6 cm³/mol. The quantitative estimate of drug-likeness (QED) is 0.601. The van der Waals surface area contributed by atoms with Gasteiger partial charge in [-0.15, -0.1) is 0 Å². The maximum Gasteiger partial charge on any atom is 0.0741 e. The van der Waals surface area contributed by atoms with Crippen LogP contribution in [0.2, 0.25) is 0 Å². The number of rotatable bonds is 9. The van der Waals surface area contributed by atoms with Gasteiger partial charge in [0.1, 0.15) is 0 Å². The molecule has 0 aromatic carbocycles. The van der Waals surface area contributed by atoms with E-state index in [1.807, 2.05) is 32.5 Å². The highest BCUT2D eigenvalue weighted by Gasteiger charge is 2.20. The van der Waals surface area contributed by atoms with Gasteiger partial charge in [0.25, 0.3) is 0 Å². The molecule has 92 valence electrons. The zero-order valence-corrected chi connectivity index (χ0v) is 11.5. The van der Waals surface area contributed by atoms with Crippen LogP contribution < -0.4 is 5.32 Å². The molecule has 0 aliphatic carbocycles. The summed E-state index contributed by atoms with van der Waals surface area (Å²) in [6, 6.07) is 0.170. The molecule has 0 saturated carbocycles. The first-order chi connectivity index (χ1) is 6.98. The van der Waals surface area contributed by atoms with Crippen molar-refractivity contribution in [1.82, 2.24) is 5.32 Å². The van der Waals surface area contributed by atoms with Crippen molar-refractivity contribution < 1.29 is 5.11 Å². The molecule has 0 aromatic rings. The standard InChI is InChI=1S/C12H27NOS/c1-11(12(2,3)14)13-9-7-5-6-8-10-15-4/h11,13-14H,5-10H2,1-4H3. The number of aliphatic hydroxyl groups is 1. The first-order valence-corrected chi connectivity index (χ1v) is 7.32. The molecular weight excluding hydrogens is 206 g/mol. The van der Waals surface area contributed by atoms with E-state index in [1.165, 1.54) is 31.4 Å². The normalized spacial score (nSPS) is 14.2. The van der Waals surface area contributed by atoms with Crippen LogP contribution in [0.5, 0.6) is 0 Å². The second-order valence-electron chi connectivity index (χ2n) is 4.74. The third-order valence-electron chi connectivity index (χ3n) is 2.79. The molecule has 0 bridgehead atoms. The average molecular weight is 233 g/mol. The van der Waals surface area contributed by atoms with Gasteiger partial charge >= 0.3 is 0 Å². The maximum absolute atomic E-state index is 9.69. The van der Waals surface area contributed by atoms with Gasteiger partial charge in [0.15, 0.2) is 0 Å². The van der Waals surface area contributed by atoms with Gasteiger partial charge in [-0.2, -0.15) is 11.8 Å². The van der Waals surface area contributed by atoms with Crippen LogP contribution >= 0.6 is 11.8 Å². The van der Waals surface area contributed by atoms with Gasteiger partial charge in [0, 0.05) is 6.04 Å². The molecule has 2 nitrogen and oxygen atoms in total. The Morgan fingerprint density at radius 1 is 1.20 bits per heavy atom. The number of hydrogen-bond donors (Lipinski definition) is 2. The van der Waals surface area contributed by atoms with Crippen LogP contribution in [-0.2, 0) is 0 Å². The van der Waals surface area contributed by atoms with Gasteiger partial charge < -0.3 is 10.4 Å². The van der Waals surface area contributed by atoms with Crippen molar-refractivity contribution >= 4 is 11.8 Å². The van der Waals surface area contributed by atoms with E-state index < -0.39 is 5.60 Å². The van der Waals surface area contributed by atoms with Crippen molar-refractivity contribution in [2.75, 3.05) is 18.6 Å². The van der Waals surface area contributed by atoms with Gasteiger partial charge in [-0.1, -0.05) is 12.8 Å². The van der Waals surface area contributed by atoms with E-state index >= 15 is 0 Å². The van der Waals surface area contributed by atoms with E-state index in [0.717, 1.165) is 6.54 Å². The number of nitrogens with one attached hydrogen (secondary N) is 1. The lowest BCUT2D eigenvalue weighted by Crippen LogP contribution is -2.44. The second kappa shape index (κ2) is 8.43. The topological polar surface area (TPSA) is 32.3 Å². The van der Waals surface area contributed by atoms with Gasteiger partial charge in [0.2, 0.25) is 0 Å². The lowest BCUT2D eigenvalue weighted by atomic mass is 10.0. The van der Waals surface area contributed by atoms with Crippen LogP contribution in [0.4, 0.5) is 0 Å². The molecule has 0 heterocycles. The highest BCUT2D eigenvalue weighted by molar-refractivity contribution is 7.98. The Morgan fingerprint density at radius 2 is 1.80 bits per heavy atom. The van der Waals surface area contributed by atoms with Gasteiger partial charge in [-0.05, 0) is 52.2 Å². The fraction of sp³-hybridized carbons (Fsp3) is 1.00. The number of hydrogen-bond acceptors (Lipinski definition) is 3. The first-order valence-electron chi connectivity index (χ1n) is 5.93. The van der Waals surface area contributed by atoms with Crippen molar-refractivity contribution in [3.63, 3.8) is 0 Å². The molecule has 0 aliphatic rings. The molecule has 3 heteroatoms. The lowest BCUT2D eigenvalue weighted by molar-refractivity contribution is 0.0443. The Bertz CT molecular complexity index is 145. The zero-order valence-electron chi connectivity index (χ0n) is 10.7. The smallest absolute Gasteiger partial charge is 0.0741 e. The van der Waals surface area contributed by atoms with E-state index in [4.69, 9.17) is 0 Å². The fourth-order valence-corrected chi connectivity index (χ4v) is 1.79. The molecule has 2 N–H and O–H groups in total. The minimum absolute atomic E-state index is 0.170. The van der Waals surface area contributed by atoms with E-state index in [-0.39, 0.29) is 6.04 Å². The Labute approximate surface area is 99.2 Å². The third-order valence-corrected chi connectivity index (χ3v) is 3.48. The van der Waals surface area contributed by atoms with Crippen molar-refractivity contribution in [3.05, 3.63) is 0 Å². The minimum Gasteiger partial charge on any atom is -0.389 e. The Balaban J connectivity index is 3.24. The molecule has 0 aliphatic heterocycles. The summed E-state index contributed by atoms with van der Waals surface area (Å²) < 4.78 is 0. The van der Waals surface area contributed by atoms with E-state index in [0.29, 0.717) is 0 Å². The monoisotopic (exact) mass is 233 g/mol. The second-order valence-corrected chi connectivity index (χ2v) is 5.72. The molecule has 0 amide bonds. The summed E-state index contributed by atoms with van der Waals surface area (Å²) in [7, 11) is 0. The zero-order chi connectivity index (χ0) is 11.7. The Hall–Kier alpha value is 0.270. The van der Waals surface area contributed by atoms with Crippen molar-refractivity contribution in [2.24, 2.45) is 0 Å².